The number of nitrogens with zero attached hydrogens (tertiary/aromatic N) is 1. The highest BCUT2D eigenvalue weighted by Gasteiger charge is 2.21. The van der Waals surface area contributed by atoms with Gasteiger partial charge >= 0.3 is 0 Å². The van der Waals surface area contributed by atoms with E-state index in [9.17, 15) is 0 Å². The van der Waals surface area contributed by atoms with Crippen molar-refractivity contribution < 1.29 is 0 Å². The Labute approximate surface area is 103 Å². The van der Waals surface area contributed by atoms with Crippen molar-refractivity contribution in [1.29, 1.82) is 0 Å². The molecule has 2 aromatic heterocycles. The predicted octanol–water partition coefficient (Wildman–Crippen LogP) is 3.31. The van der Waals surface area contributed by atoms with Gasteiger partial charge < -0.3 is 4.98 Å². The molecule has 0 spiro atoms. The van der Waals surface area contributed by atoms with Crippen LogP contribution in [0.25, 0.3) is 22.3 Å². The monoisotopic (exact) mass is 243 g/mol. The van der Waals surface area contributed by atoms with E-state index in [-0.39, 0.29) is 0 Å². The Hall–Kier alpha value is -1.74. The molecular formula is C13H10ClN3. The molecule has 0 atom stereocenters. The van der Waals surface area contributed by atoms with Crippen LogP contribution in [-0.4, -0.2) is 15.2 Å². The second-order valence-electron chi connectivity index (χ2n) is 4.44. The third kappa shape index (κ3) is 1.20. The minimum Gasteiger partial charge on any atom is -0.353 e. The number of aromatic amines is 2. The Kier molecular flexibility index (Phi) is 1.72. The van der Waals surface area contributed by atoms with E-state index in [2.05, 4.69) is 21.2 Å². The van der Waals surface area contributed by atoms with Crippen molar-refractivity contribution in [2.45, 2.75) is 12.8 Å². The van der Waals surface area contributed by atoms with Gasteiger partial charge in [-0.2, -0.15) is 5.10 Å². The Morgan fingerprint density at radius 2 is 2.12 bits per heavy atom. The largest absolute Gasteiger partial charge is 0.353 e. The van der Waals surface area contributed by atoms with Gasteiger partial charge in [0.15, 0.2) is 0 Å². The summed E-state index contributed by atoms with van der Waals surface area (Å²) in [5.74, 6) is 0. The minimum atomic E-state index is 0.765. The SMILES string of the molecule is Clc1ccc2c3c([nH]c2c1)-c1[nH]ncc1CC3. The van der Waals surface area contributed by atoms with Crippen molar-refractivity contribution in [3.8, 4) is 11.4 Å². The van der Waals surface area contributed by atoms with Crippen LogP contribution in [-0.2, 0) is 12.8 Å². The highest BCUT2D eigenvalue weighted by atomic mass is 35.5. The van der Waals surface area contributed by atoms with E-state index >= 15 is 0 Å². The van der Waals surface area contributed by atoms with Crippen LogP contribution >= 0.6 is 11.6 Å². The van der Waals surface area contributed by atoms with Gasteiger partial charge in [0.1, 0.15) is 0 Å². The zero-order valence-corrected chi connectivity index (χ0v) is 9.80. The fraction of sp³-hybridized carbons (Fsp3) is 0.154. The van der Waals surface area contributed by atoms with Crippen molar-refractivity contribution in [3.05, 3.63) is 40.5 Å². The molecule has 0 amide bonds. The number of aromatic nitrogens is 3. The number of nitrogens with one attached hydrogen (secondary N) is 2. The molecule has 0 bridgehead atoms. The molecule has 1 aliphatic rings. The predicted molar refractivity (Wildman–Crippen MR) is 68.3 cm³/mol. The molecule has 4 heteroatoms. The van der Waals surface area contributed by atoms with Gasteiger partial charge in [0.2, 0.25) is 0 Å². The standard InChI is InChI=1S/C13H10ClN3/c14-8-2-4-9-10-3-1-7-6-15-17-12(7)13(10)16-11(9)5-8/h2,4-6,16H,1,3H2,(H,15,17). The number of aryl methyl sites for hydroxylation is 2. The summed E-state index contributed by atoms with van der Waals surface area (Å²) >= 11 is 6.02. The summed E-state index contributed by atoms with van der Waals surface area (Å²) in [6.45, 7) is 0. The number of hydrogen-bond donors (Lipinski definition) is 2. The first-order valence-electron chi connectivity index (χ1n) is 5.65. The van der Waals surface area contributed by atoms with E-state index in [1.54, 1.807) is 0 Å². The molecule has 3 nitrogen and oxygen atoms in total. The third-order valence-corrected chi connectivity index (χ3v) is 3.72. The number of halogens is 1. The summed E-state index contributed by atoms with van der Waals surface area (Å²) in [4.78, 5) is 3.44. The molecule has 0 aliphatic heterocycles. The van der Waals surface area contributed by atoms with Crippen molar-refractivity contribution >= 4 is 22.5 Å². The van der Waals surface area contributed by atoms with Gasteiger partial charge in [0, 0.05) is 15.9 Å². The number of fused-ring (bicyclic) bond motifs is 5. The molecule has 3 aromatic rings. The highest BCUT2D eigenvalue weighted by Crippen LogP contribution is 2.36. The van der Waals surface area contributed by atoms with Gasteiger partial charge in [-0.05, 0) is 36.1 Å². The second kappa shape index (κ2) is 3.14. The molecule has 0 unspecified atom stereocenters. The van der Waals surface area contributed by atoms with Crippen molar-refractivity contribution in [3.63, 3.8) is 0 Å². The van der Waals surface area contributed by atoms with Crippen LogP contribution in [0, 0.1) is 0 Å². The van der Waals surface area contributed by atoms with E-state index in [4.69, 9.17) is 11.6 Å². The van der Waals surface area contributed by atoms with Crippen molar-refractivity contribution in [2.24, 2.45) is 0 Å². The Balaban J connectivity index is 2.10. The Morgan fingerprint density at radius 3 is 3.06 bits per heavy atom. The minimum absolute atomic E-state index is 0.765. The van der Waals surface area contributed by atoms with Gasteiger partial charge in [-0.1, -0.05) is 17.7 Å². The van der Waals surface area contributed by atoms with Crippen LogP contribution < -0.4 is 0 Å². The first kappa shape index (κ1) is 9.31. The number of rotatable bonds is 0. The highest BCUT2D eigenvalue weighted by molar-refractivity contribution is 6.31. The smallest absolute Gasteiger partial charge is 0.0847 e. The fourth-order valence-corrected chi connectivity index (χ4v) is 2.85. The molecule has 1 aliphatic carbocycles. The average molecular weight is 244 g/mol. The quantitative estimate of drug-likeness (QED) is 0.625. The van der Waals surface area contributed by atoms with Crippen LogP contribution in [0.5, 0.6) is 0 Å². The van der Waals surface area contributed by atoms with Crippen molar-refractivity contribution in [1.82, 2.24) is 15.2 Å². The molecule has 0 saturated carbocycles. The van der Waals surface area contributed by atoms with Gasteiger partial charge in [0.05, 0.1) is 17.6 Å². The van der Waals surface area contributed by atoms with Crippen LogP contribution in [0.1, 0.15) is 11.1 Å². The summed E-state index contributed by atoms with van der Waals surface area (Å²) in [5.41, 5.74) is 6.05. The van der Waals surface area contributed by atoms with Crippen LogP contribution in [0.4, 0.5) is 0 Å². The van der Waals surface area contributed by atoms with Gasteiger partial charge in [-0.3, -0.25) is 5.10 Å². The van der Waals surface area contributed by atoms with E-state index in [0.29, 0.717) is 0 Å². The summed E-state index contributed by atoms with van der Waals surface area (Å²) in [5, 5.41) is 9.23. The number of benzene rings is 1. The van der Waals surface area contributed by atoms with E-state index in [1.165, 1.54) is 22.2 Å². The average Bonchev–Trinajstić information content (AvgIpc) is 2.90. The summed E-state index contributed by atoms with van der Waals surface area (Å²) < 4.78 is 0. The second-order valence-corrected chi connectivity index (χ2v) is 4.88. The molecule has 2 N–H and O–H groups in total. The summed E-state index contributed by atoms with van der Waals surface area (Å²) in [6.07, 6.45) is 4.02. The van der Waals surface area contributed by atoms with Gasteiger partial charge in [-0.15, -0.1) is 0 Å². The lowest BCUT2D eigenvalue weighted by Crippen LogP contribution is -2.00. The third-order valence-electron chi connectivity index (χ3n) is 3.48. The van der Waals surface area contributed by atoms with Crippen LogP contribution in [0.3, 0.4) is 0 Å². The van der Waals surface area contributed by atoms with Crippen molar-refractivity contribution in [2.75, 3.05) is 0 Å². The van der Waals surface area contributed by atoms with E-state index in [1.807, 2.05) is 18.3 Å². The Bertz CT molecular complexity index is 723. The molecular weight excluding hydrogens is 234 g/mol. The maximum Gasteiger partial charge on any atom is 0.0847 e. The van der Waals surface area contributed by atoms with E-state index in [0.717, 1.165) is 29.1 Å². The van der Waals surface area contributed by atoms with Gasteiger partial charge in [-0.25, -0.2) is 0 Å². The zero-order valence-electron chi connectivity index (χ0n) is 9.05. The summed E-state index contributed by atoms with van der Waals surface area (Å²) in [6, 6.07) is 6.01. The number of hydrogen-bond acceptors (Lipinski definition) is 1. The molecule has 1 aromatic carbocycles. The number of H-pyrrole nitrogens is 2. The molecule has 0 radical (unpaired) electrons. The molecule has 4 rings (SSSR count). The molecule has 2 heterocycles. The van der Waals surface area contributed by atoms with E-state index < -0.39 is 0 Å². The topological polar surface area (TPSA) is 44.5 Å². The van der Waals surface area contributed by atoms with Crippen LogP contribution in [0.2, 0.25) is 5.02 Å². The molecule has 0 saturated heterocycles. The first-order chi connectivity index (χ1) is 8.33. The lowest BCUT2D eigenvalue weighted by molar-refractivity contribution is 0.947. The molecule has 17 heavy (non-hydrogen) atoms. The first-order valence-corrected chi connectivity index (χ1v) is 6.03. The maximum atomic E-state index is 6.02. The molecule has 0 fully saturated rings. The maximum absolute atomic E-state index is 6.02. The molecule has 84 valence electrons. The Morgan fingerprint density at radius 1 is 1.18 bits per heavy atom. The lowest BCUT2D eigenvalue weighted by atomic mass is 9.94. The normalized spacial score (nSPS) is 13.7. The zero-order chi connectivity index (χ0) is 11.4. The van der Waals surface area contributed by atoms with Gasteiger partial charge in [0.25, 0.3) is 0 Å². The summed E-state index contributed by atoms with van der Waals surface area (Å²) in [7, 11) is 0. The van der Waals surface area contributed by atoms with Crippen LogP contribution in [0.15, 0.2) is 24.4 Å². The lowest BCUT2D eigenvalue weighted by Gasteiger charge is -2.10. The fourth-order valence-electron chi connectivity index (χ4n) is 2.68.